The van der Waals surface area contributed by atoms with Gasteiger partial charge in [-0.3, -0.25) is 4.99 Å². The zero-order chi connectivity index (χ0) is 7.90. The van der Waals surface area contributed by atoms with Crippen LogP contribution in [0.2, 0.25) is 0 Å². The van der Waals surface area contributed by atoms with Crippen molar-refractivity contribution in [2.24, 2.45) is 10.9 Å². The summed E-state index contributed by atoms with van der Waals surface area (Å²) in [5, 5.41) is 4.64. The van der Waals surface area contributed by atoms with Gasteiger partial charge in [0.15, 0.2) is 0 Å². The van der Waals surface area contributed by atoms with Crippen LogP contribution in [0.3, 0.4) is 0 Å². The number of rotatable bonds is 1. The first-order valence-electron chi connectivity index (χ1n) is 4.15. The van der Waals surface area contributed by atoms with Crippen LogP contribution in [0.4, 0.5) is 0 Å². The van der Waals surface area contributed by atoms with Gasteiger partial charge in [0.05, 0.1) is 10.6 Å². The summed E-state index contributed by atoms with van der Waals surface area (Å²) in [4.78, 5) is 4.74. The van der Waals surface area contributed by atoms with Crippen LogP contribution < -0.4 is 5.32 Å². The van der Waals surface area contributed by atoms with Gasteiger partial charge in [-0.15, -0.1) is 11.8 Å². The van der Waals surface area contributed by atoms with E-state index in [1.165, 1.54) is 10.8 Å². The van der Waals surface area contributed by atoms with Gasteiger partial charge in [0.25, 0.3) is 0 Å². The van der Waals surface area contributed by atoms with E-state index in [1.807, 2.05) is 11.8 Å². The third kappa shape index (κ3) is 1.20. The van der Waals surface area contributed by atoms with Crippen LogP contribution in [-0.4, -0.2) is 29.4 Å². The van der Waals surface area contributed by atoms with Crippen LogP contribution in [-0.2, 0) is 0 Å². The minimum Gasteiger partial charge on any atom is -0.312 e. The second-order valence-electron chi connectivity index (χ2n) is 3.72. The molecule has 0 amide bonds. The predicted molar refractivity (Wildman–Crippen MR) is 50.3 cm³/mol. The Bertz CT molecular complexity index is 194. The summed E-state index contributed by atoms with van der Waals surface area (Å²) in [5.74, 6) is 1.83. The van der Waals surface area contributed by atoms with Gasteiger partial charge in [0, 0.05) is 24.8 Å². The van der Waals surface area contributed by atoms with Crippen LogP contribution in [0.15, 0.2) is 4.99 Å². The lowest BCUT2D eigenvalue weighted by Gasteiger charge is -2.35. The maximum Gasteiger partial charge on any atom is 0.0958 e. The van der Waals surface area contributed by atoms with Crippen LogP contribution in [0.1, 0.15) is 13.8 Å². The summed E-state index contributed by atoms with van der Waals surface area (Å²) in [6.07, 6.45) is 0. The second-order valence-corrected chi connectivity index (χ2v) is 4.72. The standard InChI is InChI=1S/C8H14N2S/c1-6(2)7-10-8(5-11-7)3-9-4-8/h6,9H,3-5H2,1-2H3. The Morgan fingerprint density at radius 3 is 2.55 bits per heavy atom. The molecule has 0 unspecified atom stereocenters. The second kappa shape index (κ2) is 2.49. The van der Waals surface area contributed by atoms with Crippen molar-refractivity contribution in [1.82, 2.24) is 5.32 Å². The Labute approximate surface area is 71.9 Å². The predicted octanol–water partition coefficient (Wildman–Crippen LogP) is 1.13. The molecule has 1 fully saturated rings. The molecule has 11 heavy (non-hydrogen) atoms. The van der Waals surface area contributed by atoms with Crippen molar-refractivity contribution in [3.05, 3.63) is 0 Å². The van der Waals surface area contributed by atoms with E-state index in [2.05, 4.69) is 19.2 Å². The first-order chi connectivity index (χ1) is 5.22. The summed E-state index contributed by atoms with van der Waals surface area (Å²) in [6, 6.07) is 0. The molecule has 0 saturated carbocycles. The van der Waals surface area contributed by atoms with Crippen molar-refractivity contribution in [2.75, 3.05) is 18.8 Å². The molecule has 0 radical (unpaired) electrons. The average Bonchev–Trinajstić information content (AvgIpc) is 2.28. The van der Waals surface area contributed by atoms with Crippen molar-refractivity contribution in [2.45, 2.75) is 19.4 Å². The first-order valence-corrected chi connectivity index (χ1v) is 5.14. The van der Waals surface area contributed by atoms with Gasteiger partial charge in [0.1, 0.15) is 0 Å². The van der Waals surface area contributed by atoms with E-state index in [0.717, 1.165) is 13.1 Å². The molecule has 2 rings (SSSR count). The zero-order valence-electron chi connectivity index (χ0n) is 7.05. The van der Waals surface area contributed by atoms with Gasteiger partial charge in [-0.2, -0.15) is 0 Å². The molecule has 62 valence electrons. The average molecular weight is 170 g/mol. The molecule has 2 heterocycles. The van der Waals surface area contributed by atoms with E-state index in [1.54, 1.807) is 0 Å². The lowest BCUT2D eigenvalue weighted by molar-refractivity contribution is 0.322. The maximum atomic E-state index is 4.74. The fourth-order valence-electron chi connectivity index (χ4n) is 1.40. The molecule has 0 atom stereocenters. The molecule has 1 N–H and O–H groups in total. The number of nitrogens with one attached hydrogen (secondary N) is 1. The van der Waals surface area contributed by atoms with Crippen molar-refractivity contribution >= 4 is 16.8 Å². The van der Waals surface area contributed by atoms with Crippen LogP contribution in [0.5, 0.6) is 0 Å². The molecule has 1 saturated heterocycles. The molecular weight excluding hydrogens is 156 g/mol. The van der Waals surface area contributed by atoms with E-state index in [9.17, 15) is 0 Å². The van der Waals surface area contributed by atoms with Crippen molar-refractivity contribution < 1.29 is 0 Å². The largest absolute Gasteiger partial charge is 0.312 e. The molecule has 2 nitrogen and oxygen atoms in total. The van der Waals surface area contributed by atoms with Crippen molar-refractivity contribution in [3.63, 3.8) is 0 Å². The molecule has 0 aromatic heterocycles. The number of aliphatic imine (C=N–C) groups is 1. The monoisotopic (exact) mass is 170 g/mol. The molecule has 0 bridgehead atoms. The van der Waals surface area contributed by atoms with Gasteiger partial charge in [0.2, 0.25) is 0 Å². The highest BCUT2D eigenvalue weighted by Crippen LogP contribution is 2.33. The third-order valence-corrected chi connectivity index (χ3v) is 3.78. The molecule has 3 heteroatoms. The number of hydrogen-bond acceptors (Lipinski definition) is 3. The Morgan fingerprint density at radius 2 is 2.27 bits per heavy atom. The number of hydrogen-bond donors (Lipinski definition) is 1. The van der Waals surface area contributed by atoms with Crippen LogP contribution >= 0.6 is 11.8 Å². The van der Waals surface area contributed by atoms with E-state index in [-0.39, 0.29) is 0 Å². The molecular formula is C8H14N2S. The minimum atomic E-state index is 0.310. The molecule has 0 aromatic rings. The summed E-state index contributed by atoms with van der Waals surface area (Å²) in [6.45, 7) is 6.63. The lowest BCUT2D eigenvalue weighted by Crippen LogP contribution is -2.58. The van der Waals surface area contributed by atoms with Gasteiger partial charge >= 0.3 is 0 Å². The molecule has 2 aliphatic rings. The van der Waals surface area contributed by atoms with Crippen molar-refractivity contribution in [1.29, 1.82) is 0 Å². The normalized spacial score (nSPS) is 27.4. The van der Waals surface area contributed by atoms with Crippen LogP contribution in [0, 0.1) is 5.92 Å². The fraction of sp³-hybridized carbons (Fsp3) is 0.875. The van der Waals surface area contributed by atoms with Crippen LogP contribution in [0.25, 0.3) is 0 Å². The quantitative estimate of drug-likeness (QED) is 0.638. The maximum absolute atomic E-state index is 4.74. The molecule has 0 aliphatic carbocycles. The summed E-state index contributed by atoms with van der Waals surface area (Å²) < 4.78 is 0. The van der Waals surface area contributed by atoms with E-state index < -0.39 is 0 Å². The molecule has 2 aliphatic heterocycles. The minimum absolute atomic E-state index is 0.310. The topological polar surface area (TPSA) is 24.4 Å². The highest BCUT2D eigenvalue weighted by atomic mass is 32.2. The molecule has 0 aromatic carbocycles. The Morgan fingerprint density at radius 1 is 1.55 bits per heavy atom. The summed E-state index contributed by atoms with van der Waals surface area (Å²) in [7, 11) is 0. The van der Waals surface area contributed by atoms with E-state index >= 15 is 0 Å². The van der Waals surface area contributed by atoms with Gasteiger partial charge in [-0.05, 0) is 0 Å². The molecule has 1 spiro atoms. The van der Waals surface area contributed by atoms with E-state index in [4.69, 9.17) is 4.99 Å². The van der Waals surface area contributed by atoms with Gasteiger partial charge < -0.3 is 5.32 Å². The van der Waals surface area contributed by atoms with E-state index in [0.29, 0.717) is 11.5 Å². The van der Waals surface area contributed by atoms with Crippen molar-refractivity contribution in [3.8, 4) is 0 Å². The Kier molecular flexibility index (Phi) is 1.72. The zero-order valence-corrected chi connectivity index (χ0v) is 7.87. The highest BCUT2D eigenvalue weighted by Gasteiger charge is 2.41. The first kappa shape index (κ1) is 7.62. The number of thioether (sulfide) groups is 1. The summed E-state index contributed by atoms with van der Waals surface area (Å²) >= 11 is 1.94. The SMILES string of the molecule is CC(C)C1=NC2(CNC2)CS1. The van der Waals surface area contributed by atoms with Gasteiger partial charge in [-0.1, -0.05) is 13.8 Å². The fourth-order valence-corrected chi connectivity index (χ4v) is 2.67. The summed E-state index contributed by atoms with van der Waals surface area (Å²) in [5.41, 5.74) is 0.310. The Balaban J connectivity index is 2.09. The Hall–Kier alpha value is -0.0200. The number of nitrogens with zero attached hydrogens (tertiary/aromatic N) is 1. The lowest BCUT2D eigenvalue weighted by atomic mass is 9.96. The third-order valence-electron chi connectivity index (χ3n) is 2.24. The van der Waals surface area contributed by atoms with Gasteiger partial charge in [-0.25, -0.2) is 0 Å². The highest BCUT2D eigenvalue weighted by molar-refractivity contribution is 8.14. The smallest absolute Gasteiger partial charge is 0.0958 e.